The summed E-state index contributed by atoms with van der Waals surface area (Å²) in [5.41, 5.74) is 11.3. The van der Waals surface area contributed by atoms with Gasteiger partial charge in [0.25, 0.3) is 0 Å². The second-order valence-electron chi connectivity index (χ2n) is 4.17. The molecule has 0 atom stereocenters. The van der Waals surface area contributed by atoms with Gasteiger partial charge in [0.1, 0.15) is 0 Å². The molecule has 0 unspecified atom stereocenters. The van der Waals surface area contributed by atoms with Crippen LogP contribution in [0.3, 0.4) is 0 Å². The number of benzene rings is 2. The molecule has 0 amide bonds. The van der Waals surface area contributed by atoms with Gasteiger partial charge in [-0.3, -0.25) is 0 Å². The van der Waals surface area contributed by atoms with Crippen molar-refractivity contribution in [1.29, 1.82) is 0 Å². The van der Waals surface area contributed by atoms with Crippen molar-refractivity contribution in [2.75, 3.05) is 11.1 Å². The number of hydrogen-bond acceptors (Lipinski definition) is 2. The van der Waals surface area contributed by atoms with E-state index in [1.165, 1.54) is 11.1 Å². The number of nitrogens with two attached hydrogens (primary N) is 1. The predicted molar refractivity (Wildman–Crippen MR) is 82.8 cm³/mol. The van der Waals surface area contributed by atoms with Crippen molar-refractivity contribution in [2.45, 2.75) is 13.8 Å². The van der Waals surface area contributed by atoms with Gasteiger partial charge in [0, 0.05) is 9.26 Å². The van der Waals surface area contributed by atoms with Crippen LogP contribution in [0.4, 0.5) is 17.1 Å². The zero-order chi connectivity index (χ0) is 12.4. The molecule has 0 heterocycles. The summed E-state index contributed by atoms with van der Waals surface area (Å²) in [4.78, 5) is 0. The lowest BCUT2D eigenvalue weighted by atomic mass is 10.1. The van der Waals surface area contributed by atoms with E-state index in [1.54, 1.807) is 0 Å². The fraction of sp³-hybridized carbons (Fsp3) is 0.143. The van der Waals surface area contributed by atoms with Crippen LogP contribution in [-0.2, 0) is 0 Å². The first-order valence-corrected chi connectivity index (χ1v) is 6.53. The maximum Gasteiger partial charge on any atom is 0.0618 e. The standard InChI is InChI=1S/C14H15IN2/c1-9-3-5-13(10(2)7-9)17-14-6-4-11(15)8-12(14)16/h3-8,17H,16H2,1-2H3. The Hall–Kier alpha value is -1.23. The van der Waals surface area contributed by atoms with Crippen molar-refractivity contribution in [3.05, 3.63) is 51.1 Å². The number of aryl methyl sites for hydroxylation is 2. The van der Waals surface area contributed by atoms with E-state index in [1.807, 2.05) is 18.2 Å². The number of nitrogens with one attached hydrogen (secondary N) is 1. The molecule has 0 aliphatic rings. The van der Waals surface area contributed by atoms with Crippen LogP contribution in [0.15, 0.2) is 36.4 Å². The molecule has 0 saturated carbocycles. The molecule has 2 aromatic rings. The number of halogens is 1. The Kier molecular flexibility index (Phi) is 3.57. The third kappa shape index (κ3) is 2.91. The lowest BCUT2D eigenvalue weighted by molar-refractivity contribution is 1.37. The second kappa shape index (κ2) is 4.96. The van der Waals surface area contributed by atoms with Gasteiger partial charge in [-0.15, -0.1) is 0 Å². The molecular formula is C14H15IN2. The van der Waals surface area contributed by atoms with Gasteiger partial charge in [0.2, 0.25) is 0 Å². The van der Waals surface area contributed by atoms with Crippen molar-refractivity contribution in [2.24, 2.45) is 0 Å². The van der Waals surface area contributed by atoms with Gasteiger partial charge in [0.15, 0.2) is 0 Å². The van der Waals surface area contributed by atoms with Crippen LogP contribution in [-0.4, -0.2) is 0 Å². The highest BCUT2D eigenvalue weighted by molar-refractivity contribution is 14.1. The van der Waals surface area contributed by atoms with Crippen molar-refractivity contribution < 1.29 is 0 Å². The molecule has 0 bridgehead atoms. The van der Waals surface area contributed by atoms with Gasteiger partial charge in [0.05, 0.1) is 11.4 Å². The SMILES string of the molecule is Cc1ccc(Nc2ccc(I)cc2N)c(C)c1. The normalized spacial score (nSPS) is 10.3. The lowest BCUT2D eigenvalue weighted by Gasteiger charge is -2.12. The predicted octanol–water partition coefficient (Wildman–Crippen LogP) is 4.23. The van der Waals surface area contributed by atoms with Crippen LogP contribution in [0.5, 0.6) is 0 Å². The number of rotatable bonds is 2. The van der Waals surface area contributed by atoms with Crippen LogP contribution in [0.1, 0.15) is 11.1 Å². The molecular weight excluding hydrogens is 323 g/mol. The molecule has 2 rings (SSSR count). The van der Waals surface area contributed by atoms with E-state index in [4.69, 9.17) is 5.73 Å². The summed E-state index contributed by atoms with van der Waals surface area (Å²) in [6, 6.07) is 12.4. The lowest BCUT2D eigenvalue weighted by Crippen LogP contribution is -1.98. The Morgan fingerprint density at radius 3 is 2.35 bits per heavy atom. The van der Waals surface area contributed by atoms with E-state index in [2.05, 4.69) is 60.0 Å². The zero-order valence-corrected chi connectivity index (χ0v) is 12.1. The molecule has 0 aliphatic heterocycles. The Bertz CT molecular complexity index is 500. The summed E-state index contributed by atoms with van der Waals surface area (Å²) >= 11 is 2.26. The Morgan fingerprint density at radius 2 is 1.71 bits per heavy atom. The molecule has 0 fully saturated rings. The first-order valence-electron chi connectivity index (χ1n) is 5.45. The average Bonchev–Trinajstić information content (AvgIpc) is 2.25. The molecule has 2 nitrogen and oxygen atoms in total. The minimum absolute atomic E-state index is 0.775. The summed E-state index contributed by atoms with van der Waals surface area (Å²) in [6.07, 6.45) is 0. The summed E-state index contributed by atoms with van der Waals surface area (Å²) in [6.45, 7) is 4.19. The van der Waals surface area contributed by atoms with Crippen LogP contribution in [0.25, 0.3) is 0 Å². The monoisotopic (exact) mass is 338 g/mol. The minimum Gasteiger partial charge on any atom is -0.397 e. The van der Waals surface area contributed by atoms with Crippen molar-refractivity contribution in [1.82, 2.24) is 0 Å². The molecule has 0 aromatic heterocycles. The third-order valence-electron chi connectivity index (χ3n) is 2.66. The van der Waals surface area contributed by atoms with Crippen LogP contribution >= 0.6 is 22.6 Å². The molecule has 2 aromatic carbocycles. The summed E-state index contributed by atoms with van der Waals surface area (Å²) < 4.78 is 1.14. The fourth-order valence-electron chi connectivity index (χ4n) is 1.75. The van der Waals surface area contributed by atoms with E-state index < -0.39 is 0 Å². The van der Waals surface area contributed by atoms with Gasteiger partial charge in [-0.05, 0) is 66.3 Å². The second-order valence-corrected chi connectivity index (χ2v) is 5.42. The van der Waals surface area contributed by atoms with Gasteiger partial charge in [-0.25, -0.2) is 0 Å². The first-order chi connectivity index (χ1) is 8.06. The quantitative estimate of drug-likeness (QED) is 0.635. The van der Waals surface area contributed by atoms with Gasteiger partial charge in [-0.1, -0.05) is 17.7 Å². The molecule has 3 N–H and O–H groups in total. The summed E-state index contributed by atoms with van der Waals surface area (Å²) in [5.74, 6) is 0. The van der Waals surface area contributed by atoms with Crippen LogP contribution in [0, 0.1) is 17.4 Å². The largest absolute Gasteiger partial charge is 0.397 e. The first kappa shape index (κ1) is 12.2. The van der Waals surface area contributed by atoms with E-state index >= 15 is 0 Å². The van der Waals surface area contributed by atoms with Crippen molar-refractivity contribution in [3.8, 4) is 0 Å². The van der Waals surface area contributed by atoms with E-state index in [0.29, 0.717) is 0 Å². The molecule has 0 aliphatic carbocycles. The molecule has 88 valence electrons. The van der Waals surface area contributed by atoms with E-state index in [-0.39, 0.29) is 0 Å². The number of hydrogen-bond donors (Lipinski definition) is 2. The molecule has 0 radical (unpaired) electrons. The zero-order valence-electron chi connectivity index (χ0n) is 9.92. The van der Waals surface area contributed by atoms with E-state index in [0.717, 1.165) is 20.6 Å². The van der Waals surface area contributed by atoms with E-state index in [9.17, 15) is 0 Å². The fourth-order valence-corrected chi connectivity index (χ4v) is 2.26. The molecule has 17 heavy (non-hydrogen) atoms. The van der Waals surface area contributed by atoms with Crippen LogP contribution in [0.2, 0.25) is 0 Å². The highest BCUT2D eigenvalue weighted by Gasteiger charge is 2.02. The smallest absolute Gasteiger partial charge is 0.0618 e. The molecule has 3 heteroatoms. The highest BCUT2D eigenvalue weighted by atomic mass is 127. The minimum atomic E-state index is 0.775. The molecule has 0 spiro atoms. The van der Waals surface area contributed by atoms with Crippen molar-refractivity contribution >= 4 is 39.7 Å². The Balaban J connectivity index is 2.31. The molecule has 0 saturated heterocycles. The Labute approximate surface area is 115 Å². The summed E-state index contributed by atoms with van der Waals surface area (Å²) in [7, 11) is 0. The van der Waals surface area contributed by atoms with Crippen molar-refractivity contribution in [3.63, 3.8) is 0 Å². The maximum atomic E-state index is 5.98. The van der Waals surface area contributed by atoms with Gasteiger partial charge < -0.3 is 11.1 Å². The average molecular weight is 338 g/mol. The topological polar surface area (TPSA) is 38.0 Å². The third-order valence-corrected chi connectivity index (χ3v) is 3.34. The van der Waals surface area contributed by atoms with Gasteiger partial charge >= 0.3 is 0 Å². The highest BCUT2D eigenvalue weighted by Crippen LogP contribution is 2.26. The van der Waals surface area contributed by atoms with Gasteiger partial charge in [-0.2, -0.15) is 0 Å². The maximum absolute atomic E-state index is 5.98. The Morgan fingerprint density at radius 1 is 1.00 bits per heavy atom. The number of nitrogen functional groups attached to an aromatic ring is 1. The summed E-state index contributed by atoms with van der Waals surface area (Å²) in [5, 5.41) is 3.37. The number of anilines is 3. The van der Waals surface area contributed by atoms with Crippen LogP contribution < -0.4 is 11.1 Å².